The summed E-state index contributed by atoms with van der Waals surface area (Å²) in [5, 5.41) is 12.5. The Hall–Kier alpha value is -2.74. The lowest BCUT2D eigenvalue weighted by atomic mass is 9.98. The van der Waals surface area contributed by atoms with Crippen LogP contribution in [-0.4, -0.2) is 78.3 Å². The Morgan fingerprint density at radius 2 is 1.58 bits per heavy atom. The third-order valence-electron chi connectivity index (χ3n) is 8.01. The van der Waals surface area contributed by atoms with E-state index < -0.39 is 5.92 Å². The highest BCUT2D eigenvalue weighted by Crippen LogP contribution is 2.36. The van der Waals surface area contributed by atoms with Crippen LogP contribution in [0.2, 0.25) is 0 Å². The smallest absolute Gasteiger partial charge is 0.316 e. The fraction of sp³-hybridized carbons (Fsp3) is 0.548. The largest absolute Gasteiger partial charge is 0.462 e. The number of fused-ring (bicyclic) bond motifs is 2. The lowest BCUT2D eigenvalue weighted by Gasteiger charge is -2.36. The Morgan fingerprint density at radius 3 is 2.11 bits per heavy atom. The molecule has 2 aliphatic rings. The minimum Gasteiger partial charge on any atom is -0.462 e. The van der Waals surface area contributed by atoms with Crippen LogP contribution in [0.3, 0.4) is 0 Å². The standard InChI is InChI=1S/C17H23NO3.C14H22N2O/c1-18-13-7-8-14(18)10-15(9-13)21-17(20)16(11-19)12-5-3-2-4-6-12;1-5-16(6-2)10-13(17)15-14-11(3)8-7-9-12(14)4/h2-6,13-16,19H,7-11H2,1H3;7-9H,5-6,10H2,1-4H3,(H,15,17)/t13-,14+,15+,16?;. The summed E-state index contributed by atoms with van der Waals surface area (Å²) in [6.07, 6.45) is 4.26. The van der Waals surface area contributed by atoms with Crippen LogP contribution < -0.4 is 5.32 Å². The molecular formula is C31H45N3O4. The molecule has 7 nitrogen and oxygen atoms in total. The van der Waals surface area contributed by atoms with Crippen molar-refractivity contribution in [2.45, 2.75) is 77.5 Å². The van der Waals surface area contributed by atoms with Crippen LogP contribution in [0.1, 0.15) is 62.1 Å². The van der Waals surface area contributed by atoms with Gasteiger partial charge in [0.25, 0.3) is 0 Å². The first-order valence-electron chi connectivity index (χ1n) is 13.9. The Balaban J connectivity index is 0.000000216. The molecule has 208 valence electrons. The zero-order valence-corrected chi connectivity index (χ0v) is 23.7. The van der Waals surface area contributed by atoms with Gasteiger partial charge >= 0.3 is 5.97 Å². The van der Waals surface area contributed by atoms with E-state index in [0.717, 1.165) is 48.3 Å². The van der Waals surface area contributed by atoms with Gasteiger partial charge in [0.05, 0.1) is 13.2 Å². The van der Waals surface area contributed by atoms with Crippen molar-refractivity contribution in [2.24, 2.45) is 0 Å². The highest BCUT2D eigenvalue weighted by Gasteiger charge is 2.40. The van der Waals surface area contributed by atoms with Crippen molar-refractivity contribution in [2.75, 3.05) is 38.6 Å². The highest BCUT2D eigenvalue weighted by molar-refractivity contribution is 5.93. The number of piperidine rings is 1. The van der Waals surface area contributed by atoms with Gasteiger partial charge in [-0.05, 0) is 76.4 Å². The van der Waals surface area contributed by atoms with Crippen molar-refractivity contribution in [1.29, 1.82) is 0 Å². The number of carbonyl (C=O) groups excluding carboxylic acids is 2. The molecule has 7 heteroatoms. The van der Waals surface area contributed by atoms with E-state index in [1.54, 1.807) is 0 Å². The number of esters is 1. The first kappa shape index (κ1) is 29.8. The monoisotopic (exact) mass is 523 g/mol. The van der Waals surface area contributed by atoms with E-state index >= 15 is 0 Å². The lowest BCUT2D eigenvalue weighted by molar-refractivity contribution is -0.155. The molecule has 1 amide bonds. The molecule has 38 heavy (non-hydrogen) atoms. The summed E-state index contributed by atoms with van der Waals surface area (Å²) < 4.78 is 5.70. The van der Waals surface area contributed by atoms with Gasteiger partial charge in [-0.25, -0.2) is 0 Å². The Labute approximate surface area is 228 Å². The van der Waals surface area contributed by atoms with Crippen LogP contribution >= 0.6 is 0 Å². The fourth-order valence-electron chi connectivity index (χ4n) is 5.55. The topological polar surface area (TPSA) is 82.1 Å². The summed E-state index contributed by atoms with van der Waals surface area (Å²) in [5.74, 6) is -0.799. The van der Waals surface area contributed by atoms with Gasteiger partial charge in [0.2, 0.25) is 5.91 Å². The van der Waals surface area contributed by atoms with E-state index in [1.165, 1.54) is 12.8 Å². The number of likely N-dealkylation sites (N-methyl/N-ethyl adjacent to an activating group) is 1. The van der Waals surface area contributed by atoms with Crippen LogP contribution in [0.5, 0.6) is 0 Å². The fourth-order valence-corrected chi connectivity index (χ4v) is 5.55. The van der Waals surface area contributed by atoms with Crippen molar-refractivity contribution in [3.8, 4) is 0 Å². The number of hydrogen-bond donors (Lipinski definition) is 2. The number of amides is 1. The number of benzene rings is 2. The molecule has 2 saturated heterocycles. The number of ether oxygens (including phenoxy) is 1. The molecule has 0 spiro atoms. The number of nitrogens with one attached hydrogen (secondary N) is 1. The maximum Gasteiger partial charge on any atom is 0.316 e. The average molecular weight is 524 g/mol. The third kappa shape index (κ3) is 7.88. The summed E-state index contributed by atoms with van der Waals surface area (Å²) in [6.45, 7) is 10.2. The number of aliphatic hydroxyl groups is 1. The van der Waals surface area contributed by atoms with Crippen LogP contribution in [0, 0.1) is 13.8 Å². The molecule has 0 aromatic heterocycles. The number of nitrogens with zero attached hydrogens (tertiary/aromatic N) is 2. The van der Waals surface area contributed by atoms with E-state index in [2.05, 4.69) is 36.0 Å². The second-order valence-electron chi connectivity index (χ2n) is 10.5. The van der Waals surface area contributed by atoms with Gasteiger partial charge in [0.15, 0.2) is 0 Å². The number of carbonyl (C=O) groups is 2. The summed E-state index contributed by atoms with van der Waals surface area (Å²) in [5.41, 5.74) is 3.99. The SMILES string of the molecule is CCN(CC)CC(=O)Nc1c(C)cccc1C.CN1[C@@H]2CC[C@H]1C[C@@H](OC(=O)C(CO)c1ccccc1)C2. The van der Waals surface area contributed by atoms with Crippen molar-refractivity contribution in [3.63, 3.8) is 0 Å². The maximum absolute atomic E-state index is 12.4. The first-order chi connectivity index (χ1) is 18.3. The first-order valence-corrected chi connectivity index (χ1v) is 13.9. The number of anilines is 1. The summed E-state index contributed by atoms with van der Waals surface area (Å²) in [6, 6.07) is 16.5. The summed E-state index contributed by atoms with van der Waals surface area (Å²) in [7, 11) is 2.17. The van der Waals surface area contributed by atoms with Crippen LogP contribution in [0.15, 0.2) is 48.5 Å². The van der Waals surface area contributed by atoms with Crippen molar-refractivity contribution < 1.29 is 19.4 Å². The lowest BCUT2D eigenvalue weighted by Crippen LogP contribution is -2.43. The molecule has 0 saturated carbocycles. The molecule has 0 aliphatic carbocycles. The normalized spacial score (nSPS) is 21.4. The van der Waals surface area contributed by atoms with Crippen molar-refractivity contribution in [1.82, 2.24) is 9.80 Å². The van der Waals surface area contributed by atoms with E-state index in [0.29, 0.717) is 18.6 Å². The maximum atomic E-state index is 12.4. The Kier molecular flexibility index (Phi) is 11.3. The number of para-hydroxylation sites is 1. The molecule has 4 rings (SSSR count). The molecule has 2 N–H and O–H groups in total. The highest BCUT2D eigenvalue weighted by atomic mass is 16.5. The van der Waals surface area contributed by atoms with Gasteiger partial charge in [-0.1, -0.05) is 62.4 Å². The zero-order valence-electron chi connectivity index (χ0n) is 23.7. The van der Waals surface area contributed by atoms with Crippen molar-refractivity contribution in [3.05, 3.63) is 65.2 Å². The molecule has 0 radical (unpaired) electrons. The predicted molar refractivity (Wildman–Crippen MR) is 152 cm³/mol. The number of rotatable bonds is 9. The Bertz CT molecular complexity index is 1010. The third-order valence-corrected chi connectivity index (χ3v) is 8.01. The number of hydrogen-bond acceptors (Lipinski definition) is 6. The van der Waals surface area contributed by atoms with Crippen LogP contribution in [0.25, 0.3) is 0 Å². The zero-order chi connectivity index (χ0) is 27.7. The van der Waals surface area contributed by atoms with Gasteiger partial charge in [-0.3, -0.25) is 14.5 Å². The molecule has 2 aliphatic heterocycles. The summed E-state index contributed by atoms with van der Waals surface area (Å²) in [4.78, 5) is 28.8. The van der Waals surface area contributed by atoms with Gasteiger partial charge in [-0.2, -0.15) is 0 Å². The summed E-state index contributed by atoms with van der Waals surface area (Å²) >= 11 is 0. The minimum absolute atomic E-state index is 0.00367. The second-order valence-corrected chi connectivity index (χ2v) is 10.5. The van der Waals surface area contributed by atoms with Gasteiger partial charge < -0.3 is 20.1 Å². The van der Waals surface area contributed by atoms with Gasteiger partial charge in [0.1, 0.15) is 12.0 Å². The number of aryl methyl sites for hydroxylation is 2. The van der Waals surface area contributed by atoms with E-state index in [9.17, 15) is 14.7 Å². The van der Waals surface area contributed by atoms with Crippen LogP contribution in [0.4, 0.5) is 5.69 Å². The minimum atomic E-state index is -0.566. The van der Waals surface area contributed by atoms with Crippen LogP contribution in [-0.2, 0) is 14.3 Å². The van der Waals surface area contributed by atoms with E-state index in [4.69, 9.17) is 4.74 Å². The van der Waals surface area contributed by atoms with E-state index in [1.807, 2.05) is 62.4 Å². The molecule has 2 heterocycles. The molecule has 2 aromatic rings. The molecular weight excluding hydrogens is 478 g/mol. The molecule has 4 atom stereocenters. The molecule has 2 aromatic carbocycles. The second kappa shape index (κ2) is 14.4. The average Bonchev–Trinajstić information content (AvgIpc) is 3.11. The van der Waals surface area contributed by atoms with Gasteiger partial charge in [0, 0.05) is 17.8 Å². The molecule has 2 bridgehead atoms. The quantitative estimate of drug-likeness (QED) is 0.471. The van der Waals surface area contributed by atoms with Crippen molar-refractivity contribution >= 4 is 17.6 Å². The predicted octanol–water partition coefficient (Wildman–Crippen LogP) is 4.51. The molecule has 2 fully saturated rings. The number of aliphatic hydroxyl groups excluding tert-OH is 1. The van der Waals surface area contributed by atoms with E-state index in [-0.39, 0.29) is 24.6 Å². The Morgan fingerprint density at radius 1 is 1.00 bits per heavy atom. The van der Waals surface area contributed by atoms with Gasteiger partial charge in [-0.15, -0.1) is 0 Å². The molecule has 1 unspecified atom stereocenters.